The van der Waals surface area contributed by atoms with Crippen LogP contribution in [-0.2, 0) is 12.8 Å². The molecule has 0 radical (unpaired) electrons. The number of amides is 1. The van der Waals surface area contributed by atoms with Crippen LogP contribution >= 0.6 is 0 Å². The number of fused-ring (bicyclic) bond motifs is 1. The Morgan fingerprint density at radius 2 is 1.95 bits per heavy atom. The average Bonchev–Trinajstić information content (AvgIpc) is 2.95. The maximum atomic E-state index is 11.9. The van der Waals surface area contributed by atoms with Crippen LogP contribution in [0, 0.1) is 0 Å². The molecule has 3 rings (SSSR count). The summed E-state index contributed by atoms with van der Waals surface area (Å²) in [6, 6.07) is 12.6. The van der Waals surface area contributed by atoms with Crippen molar-refractivity contribution < 1.29 is 9.90 Å². The molecule has 2 N–H and O–H groups in total. The second-order valence-corrected chi connectivity index (χ2v) is 5.10. The van der Waals surface area contributed by atoms with E-state index in [-0.39, 0.29) is 11.3 Å². The maximum absolute atomic E-state index is 11.9. The van der Waals surface area contributed by atoms with Gasteiger partial charge >= 0.3 is 0 Å². The van der Waals surface area contributed by atoms with E-state index >= 15 is 0 Å². The van der Waals surface area contributed by atoms with Gasteiger partial charge in [0, 0.05) is 0 Å². The molecule has 0 atom stereocenters. The number of benzene rings is 2. The van der Waals surface area contributed by atoms with Crippen LogP contribution in [0.2, 0.25) is 0 Å². The summed E-state index contributed by atoms with van der Waals surface area (Å²) in [4.78, 5) is 11.9. The molecule has 0 saturated carbocycles. The lowest BCUT2D eigenvalue weighted by atomic mass is 10.1. The first-order chi connectivity index (χ1) is 10.2. The van der Waals surface area contributed by atoms with Crippen molar-refractivity contribution in [2.24, 2.45) is 5.10 Å². The summed E-state index contributed by atoms with van der Waals surface area (Å²) < 4.78 is 0. The van der Waals surface area contributed by atoms with Gasteiger partial charge in [0.2, 0.25) is 0 Å². The fourth-order valence-corrected chi connectivity index (χ4v) is 2.56. The number of hydrogen-bond acceptors (Lipinski definition) is 3. The summed E-state index contributed by atoms with van der Waals surface area (Å²) in [5.74, 6) is -0.478. The van der Waals surface area contributed by atoms with Gasteiger partial charge < -0.3 is 5.11 Å². The molecule has 0 unspecified atom stereocenters. The highest BCUT2D eigenvalue weighted by atomic mass is 16.3. The van der Waals surface area contributed by atoms with Gasteiger partial charge in [-0.15, -0.1) is 0 Å². The highest BCUT2D eigenvalue weighted by Crippen LogP contribution is 2.22. The molecule has 4 heteroatoms. The van der Waals surface area contributed by atoms with Crippen molar-refractivity contribution >= 4 is 12.1 Å². The van der Waals surface area contributed by atoms with E-state index in [1.54, 1.807) is 24.4 Å². The Morgan fingerprint density at radius 1 is 1.14 bits per heavy atom. The zero-order chi connectivity index (χ0) is 14.7. The Kier molecular flexibility index (Phi) is 3.69. The van der Waals surface area contributed by atoms with Crippen molar-refractivity contribution in [3.05, 3.63) is 64.7 Å². The second-order valence-electron chi connectivity index (χ2n) is 5.10. The van der Waals surface area contributed by atoms with E-state index in [2.05, 4.69) is 22.7 Å². The fourth-order valence-electron chi connectivity index (χ4n) is 2.56. The predicted molar refractivity (Wildman–Crippen MR) is 81.6 cm³/mol. The normalized spacial score (nSPS) is 13.3. The summed E-state index contributed by atoms with van der Waals surface area (Å²) in [6.45, 7) is 0. The van der Waals surface area contributed by atoms with Crippen LogP contribution in [0.1, 0.15) is 33.5 Å². The van der Waals surface area contributed by atoms with Crippen molar-refractivity contribution in [1.82, 2.24) is 5.43 Å². The van der Waals surface area contributed by atoms with Gasteiger partial charge in [-0.1, -0.05) is 24.3 Å². The van der Waals surface area contributed by atoms with Crippen molar-refractivity contribution in [1.29, 1.82) is 0 Å². The quantitative estimate of drug-likeness (QED) is 0.670. The number of aryl methyl sites for hydroxylation is 2. The van der Waals surface area contributed by atoms with Gasteiger partial charge in [0.05, 0.1) is 11.8 Å². The molecule has 0 spiro atoms. The van der Waals surface area contributed by atoms with E-state index in [0.717, 1.165) is 18.4 Å². The number of aromatic hydroxyl groups is 1. The van der Waals surface area contributed by atoms with Crippen LogP contribution in [0.25, 0.3) is 0 Å². The smallest absolute Gasteiger partial charge is 0.275 e. The molecular formula is C17H16N2O2. The number of carbonyl (C=O) groups excluding carboxylic acids is 1. The van der Waals surface area contributed by atoms with E-state index in [9.17, 15) is 9.90 Å². The van der Waals surface area contributed by atoms with E-state index < -0.39 is 5.91 Å². The molecule has 0 aromatic heterocycles. The monoisotopic (exact) mass is 280 g/mol. The molecular weight excluding hydrogens is 264 g/mol. The van der Waals surface area contributed by atoms with Crippen LogP contribution < -0.4 is 5.43 Å². The third-order valence-electron chi connectivity index (χ3n) is 3.65. The first kappa shape index (κ1) is 13.4. The minimum Gasteiger partial charge on any atom is -0.507 e. The Bertz CT molecular complexity index is 708. The molecule has 0 aliphatic heterocycles. The molecule has 0 fully saturated rings. The SMILES string of the molecule is O=C(N/N=C/c1ccc2c(c1)CCC2)c1ccccc1O. The van der Waals surface area contributed by atoms with E-state index in [4.69, 9.17) is 0 Å². The van der Waals surface area contributed by atoms with Crippen molar-refractivity contribution in [2.75, 3.05) is 0 Å². The van der Waals surface area contributed by atoms with Gasteiger partial charge in [-0.2, -0.15) is 5.10 Å². The molecule has 1 aliphatic carbocycles. The highest BCUT2D eigenvalue weighted by Gasteiger charge is 2.10. The van der Waals surface area contributed by atoms with Gasteiger partial charge in [-0.25, -0.2) is 5.43 Å². The van der Waals surface area contributed by atoms with Gasteiger partial charge in [-0.05, 0) is 54.2 Å². The molecule has 21 heavy (non-hydrogen) atoms. The second kappa shape index (κ2) is 5.79. The molecule has 106 valence electrons. The number of phenolic OH excluding ortho intramolecular Hbond substituents is 1. The lowest BCUT2D eigenvalue weighted by molar-refractivity contribution is 0.0952. The Balaban J connectivity index is 1.67. The highest BCUT2D eigenvalue weighted by molar-refractivity contribution is 5.97. The molecule has 0 saturated heterocycles. The number of hydrogen-bond donors (Lipinski definition) is 2. The van der Waals surface area contributed by atoms with Crippen molar-refractivity contribution in [3.8, 4) is 5.75 Å². The lowest BCUT2D eigenvalue weighted by Crippen LogP contribution is -2.17. The third kappa shape index (κ3) is 2.94. The van der Waals surface area contributed by atoms with Gasteiger partial charge in [-0.3, -0.25) is 4.79 Å². The van der Waals surface area contributed by atoms with Crippen LogP contribution in [-0.4, -0.2) is 17.2 Å². The molecule has 1 amide bonds. The van der Waals surface area contributed by atoms with E-state index in [1.165, 1.54) is 23.6 Å². The standard InChI is InChI=1S/C17H16N2O2/c20-16-7-2-1-6-15(16)17(21)19-18-11-12-8-9-13-4-3-5-14(13)10-12/h1-2,6-11,20H,3-5H2,(H,19,21)/b18-11+. The number of carbonyl (C=O) groups is 1. The molecule has 1 aliphatic rings. The lowest BCUT2D eigenvalue weighted by Gasteiger charge is -2.02. The zero-order valence-electron chi connectivity index (χ0n) is 11.5. The number of phenols is 1. The van der Waals surface area contributed by atoms with Crippen LogP contribution in [0.4, 0.5) is 0 Å². The minimum atomic E-state index is -0.425. The Morgan fingerprint density at radius 3 is 2.81 bits per heavy atom. The number of para-hydroxylation sites is 1. The van der Waals surface area contributed by atoms with Gasteiger partial charge in [0.15, 0.2) is 0 Å². The zero-order valence-corrected chi connectivity index (χ0v) is 11.5. The fraction of sp³-hybridized carbons (Fsp3) is 0.176. The van der Waals surface area contributed by atoms with Gasteiger partial charge in [0.25, 0.3) is 5.91 Å². The number of rotatable bonds is 3. The first-order valence-electron chi connectivity index (χ1n) is 6.97. The summed E-state index contributed by atoms with van der Waals surface area (Å²) in [5, 5.41) is 13.5. The summed E-state index contributed by atoms with van der Waals surface area (Å²) in [7, 11) is 0. The molecule has 0 bridgehead atoms. The van der Waals surface area contributed by atoms with Crippen LogP contribution in [0.3, 0.4) is 0 Å². The maximum Gasteiger partial charge on any atom is 0.275 e. The summed E-state index contributed by atoms with van der Waals surface area (Å²) in [6.07, 6.45) is 5.09. The van der Waals surface area contributed by atoms with Crippen LogP contribution in [0.15, 0.2) is 47.6 Å². The minimum absolute atomic E-state index is 0.0530. The summed E-state index contributed by atoms with van der Waals surface area (Å²) in [5.41, 5.74) is 6.38. The molecule has 4 nitrogen and oxygen atoms in total. The largest absolute Gasteiger partial charge is 0.507 e. The summed E-state index contributed by atoms with van der Waals surface area (Å²) >= 11 is 0. The predicted octanol–water partition coefficient (Wildman–Crippen LogP) is 2.64. The molecule has 0 heterocycles. The first-order valence-corrected chi connectivity index (χ1v) is 6.97. The average molecular weight is 280 g/mol. The van der Waals surface area contributed by atoms with E-state index in [1.807, 2.05) is 6.07 Å². The van der Waals surface area contributed by atoms with Gasteiger partial charge in [0.1, 0.15) is 5.75 Å². The number of hydrazone groups is 1. The Hall–Kier alpha value is -2.62. The number of nitrogens with zero attached hydrogens (tertiary/aromatic N) is 1. The number of nitrogens with one attached hydrogen (secondary N) is 1. The van der Waals surface area contributed by atoms with Crippen molar-refractivity contribution in [3.63, 3.8) is 0 Å². The van der Waals surface area contributed by atoms with E-state index in [0.29, 0.717) is 0 Å². The molecule has 2 aromatic rings. The van der Waals surface area contributed by atoms with Crippen molar-refractivity contribution in [2.45, 2.75) is 19.3 Å². The Labute approximate surface area is 123 Å². The third-order valence-corrected chi connectivity index (χ3v) is 3.65. The van der Waals surface area contributed by atoms with Crippen LogP contribution in [0.5, 0.6) is 5.75 Å². The molecule has 2 aromatic carbocycles. The topological polar surface area (TPSA) is 61.7 Å².